The Balaban J connectivity index is 1.52. The minimum Gasteiger partial charge on any atom is -0.225 e. The Morgan fingerprint density at radius 3 is 2.33 bits per heavy atom. The molecule has 0 amide bonds. The van der Waals surface area contributed by atoms with Gasteiger partial charge < -0.3 is 0 Å². The highest BCUT2D eigenvalue weighted by molar-refractivity contribution is 5.59. The number of fused-ring (bicyclic) bond motifs is 1. The summed E-state index contributed by atoms with van der Waals surface area (Å²) in [6, 6.07) is 9.33. The molecule has 0 saturated carbocycles. The van der Waals surface area contributed by atoms with Crippen molar-refractivity contribution in [2.45, 2.75) is 90.4 Å². The molecule has 1 aliphatic rings. The van der Waals surface area contributed by atoms with E-state index in [4.69, 9.17) is 0 Å². The van der Waals surface area contributed by atoms with Gasteiger partial charge in [-0.05, 0) is 42.9 Å². The number of hydrogen-bond donors (Lipinski definition) is 0. The van der Waals surface area contributed by atoms with Crippen molar-refractivity contribution < 1.29 is 0 Å². The summed E-state index contributed by atoms with van der Waals surface area (Å²) < 4.78 is 0. The van der Waals surface area contributed by atoms with Crippen molar-refractivity contribution in [2.24, 2.45) is 9.98 Å². The first-order chi connectivity index (χ1) is 11.9. The third-order valence-corrected chi connectivity index (χ3v) is 4.99. The summed E-state index contributed by atoms with van der Waals surface area (Å²) in [5, 5.41) is 0. The monoisotopic (exact) mass is 326 g/mol. The fourth-order valence-corrected chi connectivity index (χ4v) is 3.52. The third-order valence-electron chi connectivity index (χ3n) is 4.99. The SMILES string of the molecule is CCCCCCCCCCCCN=C=Nc1cccc2c1CCC2. The van der Waals surface area contributed by atoms with E-state index in [1.807, 2.05) is 0 Å². The number of aliphatic imine (C=N–C) groups is 2. The number of hydrogen-bond acceptors (Lipinski definition) is 2. The fourth-order valence-electron chi connectivity index (χ4n) is 3.52. The van der Waals surface area contributed by atoms with E-state index in [-0.39, 0.29) is 0 Å². The van der Waals surface area contributed by atoms with E-state index in [0.29, 0.717) is 0 Å². The van der Waals surface area contributed by atoms with Crippen molar-refractivity contribution >= 4 is 11.7 Å². The Labute approximate surface area is 148 Å². The Morgan fingerprint density at radius 2 is 1.58 bits per heavy atom. The average Bonchev–Trinajstić information content (AvgIpc) is 3.08. The number of unbranched alkanes of at least 4 members (excludes halogenated alkanes) is 9. The van der Waals surface area contributed by atoms with Gasteiger partial charge in [0, 0.05) is 6.54 Å². The highest BCUT2D eigenvalue weighted by Crippen LogP contribution is 2.30. The Morgan fingerprint density at radius 1 is 0.875 bits per heavy atom. The van der Waals surface area contributed by atoms with Crippen LogP contribution in [0.1, 0.15) is 88.7 Å². The van der Waals surface area contributed by atoms with Crippen molar-refractivity contribution in [3.8, 4) is 0 Å². The molecule has 0 radical (unpaired) electrons. The van der Waals surface area contributed by atoms with Crippen LogP contribution in [0.5, 0.6) is 0 Å². The Kier molecular flexibility index (Phi) is 9.49. The third kappa shape index (κ3) is 7.01. The van der Waals surface area contributed by atoms with Crippen LogP contribution in [-0.4, -0.2) is 12.6 Å². The van der Waals surface area contributed by atoms with Crippen molar-refractivity contribution in [3.63, 3.8) is 0 Å². The maximum atomic E-state index is 4.44. The highest BCUT2D eigenvalue weighted by atomic mass is 14.8. The first kappa shape index (κ1) is 18.9. The van der Waals surface area contributed by atoms with Crippen LogP contribution in [0.3, 0.4) is 0 Å². The Hall–Kier alpha value is -1.40. The lowest BCUT2D eigenvalue weighted by atomic mass is 10.1. The first-order valence-electron chi connectivity index (χ1n) is 10.1. The zero-order valence-electron chi connectivity index (χ0n) is 15.5. The number of aryl methyl sites for hydroxylation is 1. The quantitative estimate of drug-likeness (QED) is 0.295. The standard InChI is InChI=1S/C22H34N2/c1-2-3-4-5-6-7-8-9-10-11-18-23-19-24-22-17-13-15-20-14-12-16-21(20)22/h13,15,17H,2-12,14,16,18H2,1H3. The van der Waals surface area contributed by atoms with E-state index in [2.05, 4.69) is 41.1 Å². The van der Waals surface area contributed by atoms with Crippen LogP contribution in [0.2, 0.25) is 0 Å². The molecule has 2 heteroatoms. The first-order valence-corrected chi connectivity index (χ1v) is 10.1. The smallest absolute Gasteiger partial charge is 0.0949 e. The molecule has 1 aromatic carbocycles. The van der Waals surface area contributed by atoms with E-state index in [1.54, 1.807) is 0 Å². The van der Waals surface area contributed by atoms with E-state index in [1.165, 1.54) is 88.2 Å². The fraction of sp³-hybridized carbons (Fsp3) is 0.682. The minimum atomic E-state index is 0.870. The molecule has 132 valence electrons. The van der Waals surface area contributed by atoms with Crippen molar-refractivity contribution in [1.29, 1.82) is 0 Å². The van der Waals surface area contributed by atoms with Crippen LogP contribution in [0.25, 0.3) is 0 Å². The zero-order valence-corrected chi connectivity index (χ0v) is 15.5. The minimum absolute atomic E-state index is 0.870. The number of benzene rings is 1. The molecular formula is C22H34N2. The summed E-state index contributed by atoms with van der Waals surface area (Å²) in [6.07, 6.45) is 17.3. The van der Waals surface area contributed by atoms with Gasteiger partial charge in [0.2, 0.25) is 0 Å². The average molecular weight is 327 g/mol. The van der Waals surface area contributed by atoms with Crippen molar-refractivity contribution in [3.05, 3.63) is 29.3 Å². The van der Waals surface area contributed by atoms with E-state index < -0.39 is 0 Å². The second-order valence-corrected chi connectivity index (χ2v) is 7.04. The van der Waals surface area contributed by atoms with Gasteiger partial charge in [0.25, 0.3) is 0 Å². The molecule has 0 spiro atoms. The molecule has 0 atom stereocenters. The van der Waals surface area contributed by atoms with Crippen LogP contribution in [0.15, 0.2) is 28.2 Å². The molecule has 0 bridgehead atoms. The van der Waals surface area contributed by atoms with Gasteiger partial charge in [-0.25, -0.2) is 4.99 Å². The summed E-state index contributed by atoms with van der Waals surface area (Å²) in [5.74, 6) is 0. The van der Waals surface area contributed by atoms with Gasteiger partial charge in [-0.2, -0.15) is 4.99 Å². The van der Waals surface area contributed by atoms with Crippen molar-refractivity contribution in [1.82, 2.24) is 0 Å². The Bertz CT molecular complexity index is 527. The maximum absolute atomic E-state index is 4.44. The van der Waals surface area contributed by atoms with E-state index in [9.17, 15) is 0 Å². The number of rotatable bonds is 12. The highest BCUT2D eigenvalue weighted by Gasteiger charge is 2.13. The molecule has 0 heterocycles. The largest absolute Gasteiger partial charge is 0.225 e. The molecule has 1 aliphatic carbocycles. The molecule has 0 N–H and O–H groups in total. The molecule has 0 aromatic heterocycles. The van der Waals surface area contributed by atoms with Gasteiger partial charge in [-0.3, -0.25) is 0 Å². The zero-order chi connectivity index (χ0) is 16.9. The molecule has 0 unspecified atom stereocenters. The van der Waals surface area contributed by atoms with Gasteiger partial charge in [0.05, 0.1) is 11.7 Å². The van der Waals surface area contributed by atoms with Crippen LogP contribution in [-0.2, 0) is 12.8 Å². The summed E-state index contributed by atoms with van der Waals surface area (Å²) in [5.41, 5.74) is 3.96. The summed E-state index contributed by atoms with van der Waals surface area (Å²) >= 11 is 0. The van der Waals surface area contributed by atoms with Crippen LogP contribution in [0.4, 0.5) is 5.69 Å². The molecule has 0 saturated heterocycles. The summed E-state index contributed by atoms with van der Waals surface area (Å²) in [4.78, 5) is 8.79. The van der Waals surface area contributed by atoms with E-state index >= 15 is 0 Å². The van der Waals surface area contributed by atoms with Crippen LogP contribution >= 0.6 is 0 Å². The van der Waals surface area contributed by atoms with Crippen molar-refractivity contribution in [2.75, 3.05) is 6.54 Å². The van der Waals surface area contributed by atoms with E-state index in [0.717, 1.165) is 18.7 Å². The van der Waals surface area contributed by atoms with Gasteiger partial charge in [-0.1, -0.05) is 76.8 Å². The van der Waals surface area contributed by atoms with Crippen LogP contribution < -0.4 is 0 Å². The predicted molar refractivity (Wildman–Crippen MR) is 105 cm³/mol. The lowest BCUT2D eigenvalue weighted by Crippen LogP contribution is -1.84. The molecule has 1 aromatic rings. The van der Waals surface area contributed by atoms with Crippen LogP contribution in [0, 0.1) is 0 Å². The van der Waals surface area contributed by atoms with Gasteiger partial charge >= 0.3 is 0 Å². The lowest BCUT2D eigenvalue weighted by molar-refractivity contribution is 0.558. The van der Waals surface area contributed by atoms with Gasteiger partial charge in [0.1, 0.15) is 0 Å². The maximum Gasteiger partial charge on any atom is 0.0949 e. The molecular weight excluding hydrogens is 292 g/mol. The normalized spacial score (nSPS) is 12.7. The topological polar surface area (TPSA) is 24.7 Å². The molecule has 24 heavy (non-hydrogen) atoms. The molecule has 2 nitrogen and oxygen atoms in total. The second kappa shape index (κ2) is 12.0. The molecule has 0 aliphatic heterocycles. The molecule has 2 rings (SSSR count). The number of nitrogens with zero attached hydrogens (tertiary/aromatic N) is 2. The van der Waals surface area contributed by atoms with Gasteiger partial charge in [0.15, 0.2) is 0 Å². The second-order valence-electron chi connectivity index (χ2n) is 7.04. The predicted octanol–water partition coefficient (Wildman–Crippen LogP) is 6.90. The summed E-state index contributed by atoms with van der Waals surface area (Å²) in [7, 11) is 0. The van der Waals surface area contributed by atoms with Gasteiger partial charge in [-0.15, -0.1) is 0 Å². The summed E-state index contributed by atoms with van der Waals surface area (Å²) in [6.45, 7) is 3.15. The lowest BCUT2D eigenvalue weighted by Gasteiger charge is -2.01. The molecule has 0 fully saturated rings.